The highest BCUT2D eigenvalue weighted by atomic mass is 32.2. The van der Waals surface area contributed by atoms with Crippen LogP contribution in [0.1, 0.15) is 40.2 Å². The number of nitrogens with one attached hydrogen (secondary N) is 1. The van der Waals surface area contributed by atoms with Gasteiger partial charge in [0.25, 0.3) is 0 Å². The van der Waals surface area contributed by atoms with Gasteiger partial charge in [-0.15, -0.1) is 0 Å². The van der Waals surface area contributed by atoms with E-state index in [2.05, 4.69) is 17.1 Å². The van der Waals surface area contributed by atoms with Gasteiger partial charge in [-0.3, -0.25) is 9.69 Å². The molecule has 2 aliphatic heterocycles. The van der Waals surface area contributed by atoms with Gasteiger partial charge in [0.15, 0.2) is 9.84 Å². The minimum Gasteiger partial charge on any atom is -0.312 e. The second-order valence-electron chi connectivity index (χ2n) is 8.85. The topological polar surface area (TPSA) is 69.7 Å². The highest BCUT2D eigenvalue weighted by Crippen LogP contribution is 2.43. The second kappa shape index (κ2) is 7.39. The Hall–Kier alpha value is -1.51. The first-order chi connectivity index (χ1) is 12.9. The van der Waals surface area contributed by atoms with Gasteiger partial charge in [0, 0.05) is 43.3 Å². The Labute approximate surface area is 167 Å². The zero-order chi connectivity index (χ0) is 20.9. The van der Waals surface area contributed by atoms with Crippen LogP contribution in [-0.2, 0) is 20.0 Å². The van der Waals surface area contributed by atoms with Crippen LogP contribution in [0, 0.1) is 5.82 Å². The van der Waals surface area contributed by atoms with Crippen LogP contribution in [0.15, 0.2) is 17.0 Å². The molecule has 6 nitrogen and oxygen atoms in total. The SMILES string of the molecule is CC(C)S(=O)(=O)c1cc2c(cc1F)C(C)(C)CN2C(=O)CN1CCN[C@H](C)C1. The van der Waals surface area contributed by atoms with Gasteiger partial charge in [-0.05, 0) is 38.5 Å². The van der Waals surface area contributed by atoms with Crippen molar-refractivity contribution in [1.82, 2.24) is 10.2 Å². The predicted octanol–water partition coefficient (Wildman–Crippen LogP) is 1.93. The van der Waals surface area contributed by atoms with Crippen LogP contribution in [0.5, 0.6) is 0 Å². The molecule has 0 spiro atoms. The average Bonchev–Trinajstić information content (AvgIpc) is 2.85. The van der Waals surface area contributed by atoms with E-state index in [4.69, 9.17) is 0 Å². The Morgan fingerprint density at radius 1 is 1.36 bits per heavy atom. The molecule has 3 rings (SSSR count). The maximum absolute atomic E-state index is 14.7. The molecule has 0 aromatic heterocycles. The molecule has 1 amide bonds. The van der Waals surface area contributed by atoms with Gasteiger partial charge in [-0.25, -0.2) is 12.8 Å². The molecule has 2 aliphatic rings. The Bertz CT molecular complexity index is 883. The normalized spacial score (nSPS) is 22.5. The van der Waals surface area contributed by atoms with E-state index in [1.807, 2.05) is 13.8 Å². The summed E-state index contributed by atoms with van der Waals surface area (Å²) in [6.45, 7) is 12.1. The van der Waals surface area contributed by atoms with Crippen molar-refractivity contribution in [3.8, 4) is 0 Å². The fraction of sp³-hybridized carbons (Fsp3) is 0.650. The molecular weight excluding hydrogens is 381 g/mol. The van der Waals surface area contributed by atoms with E-state index < -0.39 is 26.3 Å². The summed E-state index contributed by atoms with van der Waals surface area (Å²) in [5.74, 6) is -0.828. The molecule has 1 aromatic rings. The monoisotopic (exact) mass is 411 g/mol. The molecule has 1 N–H and O–H groups in total. The Morgan fingerprint density at radius 3 is 2.64 bits per heavy atom. The first-order valence-corrected chi connectivity index (χ1v) is 11.3. The fourth-order valence-corrected chi connectivity index (χ4v) is 5.12. The number of carbonyl (C=O) groups excluding carboxylic acids is 1. The average molecular weight is 412 g/mol. The summed E-state index contributed by atoms with van der Waals surface area (Å²) in [5, 5.41) is 2.61. The molecule has 1 aromatic carbocycles. The van der Waals surface area contributed by atoms with E-state index >= 15 is 0 Å². The van der Waals surface area contributed by atoms with E-state index in [1.54, 1.807) is 4.90 Å². The van der Waals surface area contributed by atoms with Gasteiger partial charge < -0.3 is 10.2 Å². The van der Waals surface area contributed by atoms with Crippen LogP contribution < -0.4 is 10.2 Å². The number of hydrogen-bond acceptors (Lipinski definition) is 5. The Kier molecular flexibility index (Phi) is 5.59. The molecule has 1 saturated heterocycles. The largest absolute Gasteiger partial charge is 0.312 e. The number of benzene rings is 1. The zero-order valence-electron chi connectivity index (χ0n) is 17.3. The molecule has 2 heterocycles. The predicted molar refractivity (Wildman–Crippen MR) is 108 cm³/mol. The van der Waals surface area contributed by atoms with Gasteiger partial charge >= 0.3 is 0 Å². The van der Waals surface area contributed by atoms with E-state index in [-0.39, 0.29) is 17.3 Å². The lowest BCUT2D eigenvalue weighted by molar-refractivity contribution is -0.120. The van der Waals surface area contributed by atoms with Gasteiger partial charge in [0.1, 0.15) is 10.7 Å². The van der Waals surface area contributed by atoms with Crippen molar-refractivity contribution in [2.24, 2.45) is 0 Å². The van der Waals surface area contributed by atoms with E-state index in [1.165, 1.54) is 26.0 Å². The van der Waals surface area contributed by atoms with Crippen LogP contribution in [0.25, 0.3) is 0 Å². The summed E-state index contributed by atoms with van der Waals surface area (Å²) in [5.41, 5.74) is 0.747. The van der Waals surface area contributed by atoms with Gasteiger partial charge in [0.05, 0.1) is 11.8 Å². The van der Waals surface area contributed by atoms with Crippen molar-refractivity contribution in [3.05, 3.63) is 23.5 Å². The number of nitrogens with zero attached hydrogens (tertiary/aromatic N) is 2. The lowest BCUT2D eigenvalue weighted by Gasteiger charge is -2.32. The highest BCUT2D eigenvalue weighted by molar-refractivity contribution is 7.92. The summed E-state index contributed by atoms with van der Waals surface area (Å²) in [7, 11) is -3.78. The molecule has 0 unspecified atom stereocenters. The summed E-state index contributed by atoms with van der Waals surface area (Å²) < 4.78 is 39.9. The number of amides is 1. The number of rotatable bonds is 4. The smallest absolute Gasteiger partial charge is 0.241 e. The minimum atomic E-state index is -3.78. The molecule has 1 atom stereocenters. The maximum Gasteiger partial charge on any atom is 0.241 e. The van der Waals surface area contributed by atoms with Crippen molar-refractivity contribution in [1.29, 1.82) is 0 Å². The second-order valence-corrected chi connectivity index (χ2v) is 11.3. The van der Waals surface area contributed by atoms with Crippen LogP contribution in [0.2, 0.25) is 0 Å². The van der Waals surface area contributed by atoms with Crippen molar-refractivity contribution < 1.29 is 17.6 Å². The summed E-state index contributed by atoms with van der Waals surface area (Å²) >= 11 is 0. The van der Waals surface area contributed by atoms with Crippen LogP contribution in [-0.4, -0.2) is 63.2 Å². The molecular formula is C20H30FN3O3S. The van der Waals surface area contributed by atoms with Crippen LogP contribution >= 0.6 is 0 Å². The molecule has 0 aliphatic carbocycles. The van der Waals surface area contributed by atoms with Crippen LogP contribution in [0.3, 0.4) is 0 Å². The molecule has 0 radical (unpaired) electrons. The van der Waals surface area contributed by atoms with Gasteiger partial charge in [-0.1, -0.05) is 13.8 Å². The third kappa shape index (κ3) is 3.82. The van der Waals surface area contributed by atoms with Crippen molar-refractivity contribution >= 4 is 21.4 Å². The number of hydrogen-bond donors (Lipinski definition) is 1. The zero-order valence-corrected chi connectivity index (χ0v) is 18.1. The molecule has 8 heteroatoms. The number of carbonyl (C=O) groups is 1. The van der Waals surface area contributed by atoms with Crippen molar-refractivity contribution in [2.75, 3.05) is 37.6 Å². The van der Waals surface area contributed by atoms with Gasteiger partial charge in [0.2, 0.25) is 5.91 Å². The number of piperazine rings is 1. The number of halogens is 1. The van der Waals surface area contributed by atoms with Crippen LogP contribution in [0.4, 0.5) is 10.1 Å². The van der Waals surface area contributed by atoms with Crippen molar-refractivity contribution in [3.63, 3.8) is 0 Å². The lowest BCUT2D eigenvalue weighted by atomic mass is 9.87. The molecule has 0 bridgehead atoms. The first kappa shape index (κ1) is 21.2. The minimum absolute atomic E-state index is 0.0829. The van der Waals surface area contributed by atoms with E-state index in [0.717, 1.165) is 19.6 Å². The highest BCUT2D eigenvalue weighted by Gasteiger charge is 2.40. The molecule has 1 fully saturated rings. The van der Waals surface area contributed by atoms with Gasteiger partial charge in [-0.2, -0.15) is 0 Å². The number of fused-ring (bicyclic) bond motifs is 1. The van der Waals surface area contributed by atoms with E-state index in [0.29, 0.717) is 23.8 Å². The van der Waals surface area contributed by atoms with E-state index in [9.17, 15) is 17.6 Å². The van der Waals surface area contributed by atoms with Crippen molar-refractivity contribution in [2.45, 2.75) is 56.2 Å². The molecule has 0 saturated carbocycles. The summed E-state index contributed by atoms with van der Waals surface area (Å²) in [6.07, 6.45) is 0. The Balaban J connectivity index is 1.96. The molecule has 28 heavy (non-hydrogen) atoms. The first-order valence-electron chi connectivity index (χ1n) is 9.77. The summed E-state index contributed by atoms with van der Waals surface area (Å²) in [6, 6.07) is 2.97. The summed E-state index contributed by atoms with van der Waals surface area (Å²) in [4.78, 5) is 16.5. The third-order valence-corrected chi connectivity index (χ3v) is 7.83. The third-order valence-electron chi connectivity index (χ3n) is 5.66. The molecule has 156 valence electrons. The quantitative estimate of drug-likeness (QED) is 0.820. The Morgan fingerprint density at radius 2 is 2.04 bits per heavy atom. The maximum atomic E-state index is 14.7. The fourth-order valence-electron chi connectivity index (χ4n) is 4.00. The number of sulfone groups is 1. The number of anilines is 1. The lowest BCUT2D eigenvalue weighted by Crippen LogP contribution is -2.52. The standard InChI is InChI=1S/C20H30FN3O3S/c1-13(2)28(26,27)18-9-17-15(8-16(18)21)20(4,5)12-24(17)19(25)11-23-7-6-22-14(3)10-23/h8-9,13-14,22H,6-7,10-12H2,1-5H3/t14-/m1/s1.